The molecule has 0 unspecified atom stereocenters. The Morgan fingerprint density at radius 3 is 2.93 bits per heavy atom. The molecular formula is C20H21N7O. The Morgan fingerprint density at radius 1 is 1.00 bits per heavy atom. The standard InChI is InChI=1S/C20H21N7O/c28-18-12-22-10-15-3-1-5-17(8-15)26-20-25-13-24-19(27-20)16-7-14(9-21-11-16)4-2-6-23-18/h1,3,5,7-9,11,13,22H,2,4,6,10,12H2,(H,23,28)(H,24,25,26,27). The maximum atomic E-state index is 12.0. The third-order valence-corrected chi connectivity index (χ3v) is 4.39. The number of hydrogen-bond donors (Lipinski definition) is 3. The molecule has 142 valence electrons. The molecule has 3 aromatic rings. The van der Waals surface area contributed by atoms with Gasteiger partial charge in [-0.05, 0) is 42.2 Å². The number of carbonyl (C=O) groups excluding carboxylic acids is 1. The van der Waals surface area contributed by atoms with E-state index < -0.39 is 0 Å². The van der Waals surface area contributed by atoms with Crippen molar-refractivity contribution in [3.05, 3.63) is 60.2 Å². The molecule has 0 spiro atoms. The Morgan fingerprint density at radius 2 is 1.96 bits per heavy atom. The Labute approximate surface area is 162 Å². The summed E-state index contributed by atoms with van der Waals surface area (Å²) in [6.45, 7) is 1.51. The largest absolute Gasteiger partial charge is 0.355 e. The monoisotopic (exact) mass is 375 g/mol. The first-order chi connectivity index (χ1) is 13.8. The van der Waals surface area contributed by atoms with Crippen LogP contribution in [0.25, 0.3) is 11.4 Å². The Hall–Kier alpha value is -3.39. The molecule has 3 heterocycles. The maximum Gasteiger partial charge on any atom is 0.233 e. The number of amides is 1. The topological polar surface area (TPSA) is 105 Å². The second kappa shape index (κ2) is 8.53. The smallest absolute Gasteiger partial charge is 0.233 e. The SMILES string of the molecule is O=C1CNCc2cccc(c2)Nc2ncnc(n2)-c2cncc(c2)CCCN1. The van der Waals surface area contributed by atoms with Crippen molar-refractivity contribution < 1.29 is 4.79 Å². The van der Waals surface area contributed by atoms with Crippen LogP contribution < -0.4 is 16.0 Å². The number of carbonyl (C=O) groups is 1. The zero-order valence-corrected chi connectivity index (χ0v) is 15.4. The summed E-state index contributed by atoms with van der Waals surface area (Å²) in [4.78, 5) is 29.3. The van der Waals surface area contributed by atoms with Gasteiger partial charge in [-0.3, -0.25) is 9.78 Å². The van der Waals surface area contributed by atoms with Crippen molar-refractivity contribution in [2.45, 2.75) is 19.4 Å². The van der Waals surface area contributed by atoms with E-state index in [0.717, 1.165) is 35.2 Å². The van der Waals surface area contributed by atoms with Gasteiger partial charge in [0.25, 0.3) is 0 Å². The van der Waals surface area contributed by atoms with Gasteiger partial charge in [-0.1, -0.05) is 12.1 Å². The van der Waals surface area contributed by atoms with Gasteiger partial charge in [-0.15, -0.1) is 0 Å². The molecule has 1 aliphatic rings. The van der Waals surface area contributed by atoms with E-state index in [2.05, 4.69) is 35.9 Å². The van der Waals surface area contributed by atoms with E-state index in [1.807, 2.05) is 36.5 Å². The fourth-order valence-electron chi connectivity index (χ4n) is 3.03. The molecule has 0 atom stereocenters. The molecule has 0 saturated carbocycles. The van der Waals surface area contributed by atoms with Crippen molar-refractivity contribution in [1.82, 2.24) is 30.6 Å². The van der Waals surface area contributed by atoms with Crippen LogP contribution >= 0.6 is 0 Å². The fraction of sp³-hybridized carbons (Fsp3) is 0.250. The zero-order chi connectivity index (χ0) is 19.2. The van der Waals surface area contributed by atoms with Crippen LogP contribution in [0.3, 0.4) is 0 Å². The Kier molecular flexibility index (Phi) is 5.48. The molecule has 6 bridgehead atoms. The van der Waals surface area contributed by atoms with Gasteiger partial charge in [0.1, 0.15) is 6.33 Å². The molecule has 4 rings (SSSR count). The van der Waals surface area contributed by atoms with Gasteiger partial charge in [-0.2, -0.15) is 4.98 Å². The van der Waals surface area contributed by atoms with Gasteiger partial charge in [0.15, 0.2) is 5.82 Å². The van der Waals surface area contributed by atoms with E-state index in [1.54, 1.807) is 6.20 Å². The van der Waals surface area contributed by atoms with Gasteiger partial charge in [-0.25, -0.2) is 9.97 Å². The lowest BCUT2D eigenvalue weighted by Gasteiger charge is -2.10. The second-order valence-electron chi connectivity index (χ2n) is 6.60. The highest BCUT2D eigenvalue weighted by atomic mass is 16.1. The van der Waals surface area contributed by atoms with Crippen molar-refractivity contribution in [1.29, 1.82) is 0 Å². The van der Waals surface area contributed by atoms with Gasteiger partial charge in [0.2, 0.25) is 11.9 Å². The molecule has 1 aliphatic heterocycles. The number of hydrogen-bond acceptors (Lipinski definition) is 7. The van der Waals surface area contributed by atoms with Crippen molar-refractivity contribution >= 4 is 17.5 Å². The normalized spacial score (nSPS) is 14.9. The maximum absolute atomic E-state index is 12.0. The lowest BCUT2D eigenvalue weighted by molar-refractivity contribution is -0.120. The first-order valence-corrected chi connectivity index (χ1v) is 9.23. The van der Waals surface area contributed by atoms with Gasteiger partial charge < -0.3 is 16.0 Å². The number of nitrogens with zero attached hydrogens (tertiary/aromatic N) is 4. The third-order valence-electron chi connectivity index (χ3n) is 4.39. The number of fused-ring (bicyclic) bond motifs is 7. The molecule has 8 heteroatoms. The van der Waals surface area contributed by atoms with Crippen LogP contribution in [0.4, 0.5) is 11.6 Å². The summed E-state index contributed by atoms with van der Waals surface area (Å²) in [5.41, 5.74) is 3.85. The summed E-state index contributed by atoms with van der Waals surface area (Å²) in [5.74, 6) is 1.04. The Balaban J connectivity index is 1.64. The van der Waals surface area contributed by atoms with Gasteiger partial charge in [0.05, 0.1) is 6.54 Å². The van der Waals surface area contributed by atoms with Crippen LogP contribution in [-0.4, -0.2) is 38.9 Å². The van der Waals surface area contributed by atoms with Crippen molar-refractivity contribution in [2.75, 3.05) is 18.4 Å². The average molecular weight is 375 g/mol. The fourth-order valence-corrected chi connectivity index (χ4v) is 3.03. The number of anilines is 2. The number of aromatic nitrogens is 4. The number of aryl methyl sites for hydroxylation is 1. The van der Waals surface area contributed by atoms with Crippen LogP contribution in [0.5, 0.6) is 0 Å². The molecule has 0 saturated heterocycles. The van der Waals surface area contributed by atoms with Gasteiger partial charge >= 0.3 is 0 Å². The highest BCUT2D eigenvalue weighted by Gasteiger charge is 2.08. The highest BCUT2D eigenvalue weighted by molar-refractivity contribution is 5.77. The third kappa shape index (κ3) is 4.66. The van der Waals surface area contributed by atoms with Crippen LogP contribution in [0.15, 0.2) is 49.1 Å². The minimum Gasteiger partial charge on any atom is -0.355 e. The van der Waals surface area contributed by atoms with Crippen LogP contribution in [0.2, 0.25) is 0 Å². The minimum atomic E-state index is -0.00477. The summed E-state index contributed by atoms with van der Waals surface area (Å²) in [5, 5.41) is 9.32. The summed E-state index contributed by atoms with van der Waals surface area (Å²) >= 11 is 0. The van der Waals surface area contributed by atoms with E-state index in [0.29, 0.717) is 24.9 Å². The molecule has 2 aromatic heterocycles. The van der Waals surface area contributed by atoms with Crippen molar-refractivity contribution in [2.24, 2.45) is 0 Å². The van der Waals surface area contributed by atoms with Crippen molar-refractivity contribution in [3.8, 4) is 11.4 Å². The predicted molar refractivity (Wildman–Crippen MR) is 106 cm³/mol. The van der Waals surface area contributed by atoms with Crippen LogP contribution in [0, 0.1) is 0 Å². The highest BCUT2D eigenvalue weighted by Crippen LogP contribution is 2.19. The number of pyridine rings is 1. The molecule has 0 radical (unpaired) electrons. The number of nitrogens with one attached hydrogen (secondary N) is 3. The lowest BCUT2D eigenvalue weighted by atomic mass is 10.1. The molecule has 1 aromatic carbocycles. The van der Waals surface area contributed by atoms with Gasteiger partial charge in [0, 0.05) is 36.7 Å². The number of benzene rings is 1. The van der Waals surface area contributed by atoms with E-state index in [9.17, 15) is 4.79 Å². The van der Waals surface area contributed by atoms with E-state index in [-0.39, 0.29) is 12.5 Å². The molecule has 1 amide bonds. The van der Waals surface area contributed by atoms with E-state index >= 15 is 0 Å². The summed E-state index contributed by atoms with van der Waals surface area (Å²) in [7, 11) is 0. The summed E-state index contributed by atoms with van der Waals surface area (Å²) in [6, 6.07) is 9.93. The second-order valence-corrected chi connectivity index (χ2v) is 6.60. The first kappa shape index (κ1) is 18.0. The number of rotatable bonds is 0. The summed E-state index contributed by atoms with van der Waals surface area (Å²) in [6.07, 6.45) is 6.72. The van der Waals surface area contributed by atoms with Crippen LogP contribution in [-0.2, 0) is 17.8 Å². The van der Waals surface area contributed by atoms with E-state index in [1.165, 1.54) is 6.33 Å². The zero-order valence-electron chi connectivity index (χ0n) is 15.4. The van der Waals surface area contributed by atoms with Crippen LogP contribution in [0.1, 0.15) is 17.5 Å². The molecular weight excluding hydrogens is 354 g/mol. The minimum absolute atomic E-state index is 0.00477. The molecule has 3 N–H and O–H groups in total. The first-order valence-electron chi connectivity index (χ1n) is 9.23. The predicted octanol–water partition coefficient (Wildman–Crippen LogP) is 1.83. The average Bonchev–Trinajstić information content (AvgIpc) is 2.71. The van der Waals surface area contributed by atoms with Crippen molar-refractivity contribution in [3.63, 3.8) is 0 Å². The molecule has 28 heavy (non-hydrogen) atoms. The quantitative estimate of drug-likeness (QED) is 0.550. The molecule has 0 aliphatic carbocycles. The molecule has 0 fully saturated rings. The summed E-state index contributed by atoms with van der Waals surface area (Å²) < 4.78 is 0. The lowest BCUT2D eigenvalue weighted by Crippen LogP contribution is -2.34. The van der Waals surface area contributed by atoms with E-state index in [4.69, 9.17) is 0 Å². The molecule has 8 nitrogen and oxygen atoms in total. The Bertz CT molecular complexity index is 976.